The topological polar surface area (TPSA) is 124 Å². The summed E-state index contributed by atoms with van der Waals surface area (Å²) in [6, 6.07) is 7.07. The first-order chi connectivity index (χ1) is 12.1. The van der Waals surface area contributed by atoms with Crippen LogP contribution in [0.5, 0.6) is 0 Å². The highest BCUT2D eigenvalue weighted by molar-refractivity contribution is 9.10. The van der Waals surface area contributed by atoms with Crippen LogP contribution >= 0.6 is 27.5 Å². The smallest absolute Gasteiger partial charge is 0.231 e. The van der Waals surface area contributed by atoms with E-state index < -0.39 is 40.1 Å². The SMILES string of the molecule is CC(=O)N[C@H]1[C@@H](O)O[C@](Br)(CO)[C@@](O)(Cl)[C@@]1(O)n1ccc2ccccc21. The fraction of sp³-hybridized carbons (Fsp3) is 0.438. The summed E-state index contributed by atoms with van der Waals surface area (Å²) in [7, 11) is 0. The first-order valence-electron chi connectivity index (χ1n) is 7.71. The fourth-order valence-corrected chi connectivity index (χ4v) is 4.04. The second-order valence-corrected chi connectivity index (χ2v) is 7.99. The predicted octanol–water partition coefficient (Wildman–Crippen LogP) is 0.151. The number of hydrogen-bond acceptors (Lipinski definition) is 6. The number of rotatable bonds is 3. The molecule has 1 aromatic heterocycles. The average molecular weight is 450 g/mol. The standard InChI is InChI=1S/C16H18BrClN2O6/c1-9(22)19-12-13(23)26-14(17,8-21)16(18,25)15(12,24)20-7-6-10-4-2-3-5-11(10)20/h2-7,12-13,21,23-25H,8H2,1H3,(H,19,22)/t12-,13-,14+,15+,16-/m0/s1. The maximum atomic E-state index is 11.6. The molecule has 0 bridgehead atoms. The molecule has 8 nitrogen and oxygen atoms in total. The number of aliphatic hydroxyl groups is 4. The zero-order valence-electron chi connectivity index (χ0n) is 13.6. The molecule has 1 saturated heterocycles. The molecule has 5 atom stereocenters. The molecule has 142 valence electrons. The molecule has 10 heteroatoms. The van der Waals surface area contributed by atoms with Crippen molar-refractivity contribution in [2.45, 2.75) is 34.6 Å². The quantitative estimate of drug-likeness (QED) is 0.425. The molecule has 26 heavy (non-hydrogen) atoms. The molecular weight excluding hydrogens is 432 g/mol. The van der Waals surface area contributed by atoms with Gasteiger partial charge in [0.15, 0.2) is 10.8 Å². The van der Waals surface area contributed by atoms with Crippen LogP contribution < -0.4 is 5.32 Å². The summed E-state index contributed by atoms with van der Waals surface area (Å²) in [5, 5.41) is 43.1. The molecule has 5 N–H and O–H groups in total. The summed E-state index contributed by atoms with van der Waals surface area (Å²) in [6.45, 7) is 0.300. The van der Waals surface area contributed by atoms with Gasteiger partial charge in [-0.2, -0.15) is 0 Å². The van der Waals surface area contributed by atoms with Gasteiger partial charge in [-0.1, -0.05) is 29.8 Å². The van der Waals surface area contributed by atoms with Crippen molar-refractivity contribution in [2.75, 3.05) is 6.61 Å². The Bertz CT molecular complexity index is 845. The Balaban J connectivity index is 2.29. The van der Waals surface area contributed by atoms with E-state index in [2.05, 4.69) is 21.2 Å². The van der Waals surface area contributed by atoms with Crippen molar-refractivity contribution in [3.05, 3.63) is 36.5 Å². The lowest BCUT2D eigenvalue weighted by Crippen LogP contribution is -2.78. The van der Waals surface area contributed by atoms with Crippen LogP contribution in [0.2, 0.25) is 0 Å². The molecule has 0 spiro atoms. The monoisotopic (exact) mass is 448 g/mol. The Morgan fingerprint density at radius 1 is 1.38 bits per heavy atom. The highest BCUT2D eigenvalue weighted by Crippen LogP contribution is 2.53. The van der Waals surface area contributed by atoms with Crippen molar-refractivity contribution in [1.29, 1.82) is 0 Å². The number of alkyl halides is 2. The van der Waals surface area contributed by atoms with Gasteiger partial charge in [0.1, 0.15) is 6.04 Å². The number of nitrogens with zero attached hydrogens (tertiary/aromatic N) is 1. The second-order valence-electron chi connectivity index (χ2n) is 6.17. The molecule has 2 heterocycles. The average Bonchev–Trinajstić information content (AvgIpc) is 3.01. The molecular formula is C16H18BrClN2O6. The third kappa shape index (κ3) is 2.58. The minimum absolute atomic E-state index is 0.478. The predicted molar refractivity (Wildman–Crippen MR) is 96.4 cm³/mol. The molecule has 1 aliphatic rings. The number of aliphatic hydroxyl groups excluding tert-OH is 2. The number of amides is 1. The Kier molecular flexibility index (Phi) is 4.85. The third-order valence-electron chi connectivity index (χ3n) is 4.54. The lowest BCUT2D eigenvalue weighted by atomic mass is 9.88. The van der Waals surface area contributed by atoms with E-state index in [-0.39, 0.29) is 0 Å². The van der Waals surface area contributed by atoms with Crippen molar-refractivity contribution in [3.8, 4) is 0 Å². The molecule has 0 radical (unpaired) electrons. The van der Waals surface area contributed by atoms with Crippen LogP contribution in [0.1, 0.15) is 6.92 Å². The Hall–Kier alpha value is -1.20. The van der Waals surface area contributed by atoms with Gasteiger partial charge >= 0.3 is 0 Å². The van der Waals surface area contributed by atoms with E-state index in [0.29, 0.717) is 5.52 Å². The molecule has 2 aromatic rings. The number of aromatic nitrogens is 1. The largest absolute Gasteiger partial charge is 0.392 e. The van der Waals surface area contributed by atoms with Crippen LogP contribution in [0.3, 0.4) is 0 Å². The van der Waals surface area contributed by atoms with E-state index in [1.807, 2.05) is 0 Å². The number of carbonyl (C=O) groups excluding carboxylic acids is 1. The van der Waals surface area contributed by atoms with Crippen LogP contribution in [0, 0.1) is 0 Å². The third-order valence-corrected chi connectivity index (χ3v) is 6.36. The van der Waals surface area contributed by atoms with E-state index in [4.69, 9.17) is 16.3 Å². The van der Waals surface area contributed by atoms with Crippen LogP contribution in [-0.4, -0.2) is 59.4 Å². The molecule has 3 rings (SSSR count). The normalized spacial score (nSPS) is 37.7. The number of carbonyl (C=O) groups is 1. The molecule has 0 saturated carbocycles. The van der Waals surface area contributed by atoms with Gasteiger partial charge in [-0.15, -0.1) is 0 Å². The van der Waals surface area contributed by atoms with Gasteiger partial charge in [-0.3, -0.25) is 4.79 Å². The Morgan fingerprint density at radius 2 is 2.04 bits per heavy atom. The zero-order chi connectivity index (χ0) is 19.3. The van der Waals surface area contributed by atoms with E-state index in [9.17, 15) is 25.2 Å². The molecule has 0 aliphatic carbocycles. The zero-order valence-corrected chi connectivity index (χ0v) is 16.0. The van der Waals surface area contributed by atoms with E-state index >= 15 is 0 Å². The first kappa shape index (κ1) is 19.6. The van der Waals surface area contributed by atoms with Gasteiger partial charge in [0, 0.05) is 13.1 Å². The lowest BCUT2D eigenvalue weighted by Gasteiger charge is -2.56. The van der Waals surface area contributed by atoms with Crippen LogP contribution in [0.25, 0.3) is 10.9 Å². The van der Waals surface area contributed by atoms with Crippen molar-refractivity contribution in [2.24, 2.45) is 0 Å². The summed E-state index contributed by atoms with van der Waals surface area (Å²) in [5.74, 6) is -0.592. The minimum atomic E-state index is -2.69. The van der Waals surface area contributed by atoms with Gasteiger partial charge in [0.05, 0.1) is 12.1 Å². The van der Waals surface area contributed by atoms with E-state index in [1.165, 1.54) is 17.7 Å². The number of fused-ring (bicyclic) bond motifs is 1. The second kappa shape index (κ2) is 6.45. The maximum Gasteiger partial charge on any atom is 0.231 e. The number of benzene rings is 1. The van der Waals surface area contributed by atoms with Crippen molar-refractivity contribution in [1.82, 2.24) is 9.88 Å². The van der Waals surface area contributed by atoms with Gasteiger partial charge in [0.2, 0.25) is 16.7 Å². The van der Waals surface area contributed by atoms with Gasteiger partial charge < -0.3 is 35.0 Å². The van der Waals surface area contributed by atoms with Crippen LogP contribution in [-0.2, 0) is 15.3 Å². The van der Waals surface area contributed by atoms with Crippen molar-refractivity contribution in [3.63, 3.8) is 0 Å². The Labute approximate surface area is 162 Å². The number of ether oxygens (including phenoxy) is 1. The van der Waals surface area contributed by atoms with E-state index in [1.54, 1.807) is 30.3 Å². The number of nitrogens with one attached hydrogen (secondary N) is 1. The summed E-state index contributed by atoms with van der Waals surface area (Å²) < 4.78 is 4.32. The molecule has 0 unspecified atom stereocenters. The van der Waals surface area contributed by atoms with Crippen molar-refractivity contribution < 1.29 is 30.0 Å². The highest BCUT2D eigenvalue weighted by Gasteiger charge is 2.72. The molecule has 1 aliphatic heterocycles. The Morgan fingerprint density at radius 3 is 2.65 bits per heavy atom. The summed E-state index contributed by atoms with van der Waals surface area (Å²) >= 11 is 9.29. The highest BCUT2D eigenvalue weighted by atomic mass is 79.9. The number of halogens is 2. The molecule has 1 amide bonds. The molecule has 1 aromatic carbocycles. The van der Waals surface area contributed by atoms with Crippen molar-refractivity contribution >= 4 is 44.3 Å². The number of para-hydroxylation sites is 1. The van der Waals surface area contributed by atoms with Gasteiger partial charge in [-0.05, 0) is 33.4 Å². The van der Waals surface area contributed by atoms with Crippen LogP contribution in [0.4, 0.5) is 0 Å². The summed E-state index contributed by atoms with van der Waals surface area (Å²) in [5.41, 5.74) is -2.01. The van der Waals surface area contributed by atoms with Crippen LogP contribution in [0.15, 0.2) is 36.5 Å². The molecule has 1 fully saturated rings. The maximum absolute atomic E-state index is 11.6. The summed E-state index contributed by atoms with van der Waals surface area (Å²) in [4.78, 5) is 11.6. The number of hydrogen-bond donors (Lipinski definition) is 5. The lowest BCUT2D eigenvalue weighted by molar-refractivity contribution is -0.337. The van der Waals surface area contributed by atoms with Gasteiger partial charge in [0.25, 0.3) is 0 Å². The first-order valence-corrected chi connectivity index (χ1v) is 8.88. The minimum Gasteiger partial charge on any atom is -0.392 e. The van der Waals surface area contributed by atoms with E-state index in [0.717, 1.165) is 5.39 Å². The fourth-order valence-electron chi connectivity index (χ4n) is 3.24. The van der Waals surface area contributed by atoms with Gasteiger partial charge in [-0.25, -0.2) is 0 Å². The summed E-state index contributed by atoms with van der Waals surface area (Å²) in [6.07, 6.45) is -0.342.